The van der Waals surface area contributed by atoms with Gasteiger partial charge in [-0.2, -0.15) is 0 Å². The van der Waals surface area contributed by atoms with E-state index in [0.29, 0.717) is 36.6 Å². The van der Waals surface area contributed by atoms with Crippen molar-refractivity contribution in [2.24, 2.45) is 16.6 Å². The lowest BCUT2D eigenvalue weighted by Crippen LogP contribution is -2.35. The van der Waals surface area contributed by atoms with Crippen LogP contribution >= 0.6 is 0 Å². The summed E-state index contributed by atoms with van der Waals surface area (Å²) in [5.74, 6) is -1.38. The Morgan fingerprint density at radius 3 is 2.30 bits per heavy atom. The quantitative estimate of drug-likeness (QED) is 0.0888. The van der Waals surface area contributed by atoms with Crippen molar-refractivity contribution in [3.63, 3.8) is 0 Å². The fourth-order valence-corrected chi connectivity index (χ4v) is 6.61. The van der Waals surface area contributed by atoms with Gasteiger partial charge in [-0.25, -0.2) is 8.78 Å². The molecule has 3 aliphatic rings. The van der Waals surface area contributed by atoms with Crippen molar-refractivity contribution in [3.05, 3.63) is 90.5 Å². The molecule has 4 N–H and O–H groups in total. The molecule has 50 heavy (non-hydrogen) atoms. The molecule has 4 aromatic carbocycles. The van der Waals surface area contributed by atoms with Crippen LogP contribution in [0.1, 0.15) is 32.1 Å². The first-order valence-corrected chi connectivity index (χ1v) is 16.8. The third-order valence-corrected chi connectivity index (χ3v) is 9.81. The number of nitrogens with two attached hydrogens (primary N) is 1. The van der Waals surface area contributed by atoms with E-state index < -0.39 is 28.9 Å². The Balaban J connectivity index is 0.922. The van der Waals surface area contributed by atoms with Crippen molar-refractivity contribution < 1.29 is 37.4 Å². The molecule has 1 aliphatic heterocycles. The van der Waals surface area contributed by atoms with E-state index in [1.54, 1.807) is 6.07 Å². The lowest BCUT2D eigenvalue weighted by Gasteiger charge is -2.17. The number of carbonyl (C=O) groups is 3. The molecule has 1 unspecified atom stereocenters. The maximum atomic E-state index is 15.2. The molecule has 3 fully saturated rings. The SMILES string of the molecule is NCC(=O)OC1CN(CCCOc2ccc3c(Oc4ccc(NC(=O)C5(C(=O)Nc6ccc(F)cc6)CC5)cc4F)cccc3c2)CC12CC2. The van der Waals surface area contributed by atoms with E-state index in [1.807, 2.05) is 30.3 Å². The highest BCUT2D eigenvalue weighted by atomic mass is 19.1. The van der Waals surface area contributed by atoms with Crippen LogP contribution < -0.4 is 25.8 Å². The van der Waals surface area contributed by atoms with Crippen LogP contribution in [0.25, 0.3) is 10.8 Å². The van der Waals surface area contributed by atoms with E-state index in [0.717, 1.165) is 55.7 Å². The topological polar surface area (TPSA) is 132 Å². The number of amides is 2. The number of esters is 1. The van der Waals surface area contributed by atoms with E-state index in [2.05, 4.69) is 15.5 Å². The summed E-state index contributed by atoms with van der Waals surface area (Å²) in [6.07, 6.45) is 3.57. The number of carbonyl (C=O) groups excluding carboxylic acids is 3. The van der Waals surface area contributed by atoms with Crippen molar-refractivity contribution in [3.8, 4) is 17.2 Å². The molecular weight excluding hydrogens is 646 g/mol. The van der Waals surface area contributed by atoms with Crippen molar-refractivity contribution in [2.45, 2.75) is 38.2 Å². The maximum absolute atomic E-state index is 15.2. The van der Waals surface area contributed by atoms with Crippen molar-refractivity contribution in [1.82, 2.24) is 4.90 Å². The number of anilines is 2. The number of hydrogen-bond acceptors (Lipinski definition) is 8. The molecule has 0 radical (unpaired) electrons. The summed E-state index contributed by atoms with van der Waals surface area (Å²) < 4.78 is 46.1. The van der Waals surface area contributed by atoms with Gasteiger partial charge in [0.05, 0.1) is 13.2 Å². The molecule has 2 aliphatic carbocycles. The smallest absolute Gasteiger partial charge is 0.320 e. The minimum atomic E-state index is -1.27. The van der Waals surface area contributed by atoms with Gasteiger partial charge in [0.2, 0.25) is 11.8 Å². The lowest BCUT2D eigenvalue weighted by molar-refractivity contribution is -0.149. The number of halogens is 2. The summed E-state index contributed by atoms with van der Waals surface area (Å²) in [7, 11) is 0. The first kappa shape index (κ1) is 33.4. The summed E-state index contributed by atoms with van der Waals surface area (Å²) >= 11 is 0. The zero-order valence-electron chi connectivity index (χ0n) is 27.4. The van der Waals surface area contributed by atoms with Gasteiger partial charge >= 0.3 is 5.97 Å². The molecule has 1 spiro atoms. The summed E-state index contributed by atoms with van der Waals surface area (Å²) in [5.41, 5.74) is 4.82. The Morgan fingerprint density at radius 1 is 0.860 bits per heavy atom. The normalized spacial score (nSPS) is 18.4. The van der Waals surface area contributed by atoms with Gasteiger partial charge in [0.1, 0.15) is 28.8 Å². The highest BCUT2D eigenvalue weighted by Crippen LogP contribution is 2.54. The summed E-state index contributed by atoms with van der Waals surface area (Å²) in [4.78, 5) is 40.0. The highest BCUT2D eigenvalue weighted by molar-refractivity contribution is 6.16. The van der Waals surface area contributed by atoms with Crippen molar-refractivity contribution >= 4 is 39.9 Å². The van der Waals surface area contributed by atoms with Crippen LogP contribution in [-0.4, -0.2) is 61.6 Å². The number of fused-ring (bicyclic) bond motifs is 1. The zero-order valence-corrected chi connectivity index (χ0v) is 27.4. The molecule has 12 heteroatoms. The predicted molar refractivity (Wildman–Crippen MR) is 183 cm³/mol. The summed E-state index contributed by atoms with van der Waals surface area (Å²) in [6, 6.07) is 20.5. The Morgan fingerprint density at radius 2 is 1.60 bits per heavy atom. The van der Waals surface area contributed by atoms with Crippen molar-refractivity contribution in [1.29, 1.82) is 0 Å². The molecule has 7 rings (SSSR count). The largest absolute Gasteiger partial charge is 0.494 e. The molecule has 2 saturated carbocycles. The molecular formula is C38H38F2N4O6. The minimum absolute atomic E-state index is 0.0269. The number of hydrogen-bond donors (Lipinski definition) is 3. The zero-order chi connectivity index (χ0) is 34.9. The standard InChI is InChI=1S/C38H38F2N4O6/c39-25-5-7-26(8-6-25)42-35(46)38(15-16-38)36(47)43-27-9-12-32(30(40)20-27)49-31-4-1-3-24-19-28(10-11-29(24)31)48-18-2-17-44-22-33(50-34(45)21-41)37(23-44)13-14-37/h1,3-12,19-20,33H,2,13-18,21-23,41H2,(H,42,46)(H,43,47). The van der Waals surface area contributed by atoms with Crippen LogP contribution in [-0.2, 0) is 19.1 Å². The highest BCUT2D eigenvalue weighted by Gasteiger charge is 2.57. The predicted octanol–water partition coefficient (Wildman–Crippen LogP) is 6.00. The molecule has 10 nitrogen and oxygen atoms in total. The second kappa shape index (κ2) is 13.7. The van der Waals surface area contributed by atoms with Gasteiger partial charge in [0.25, 0.3) is 0 Å². The molecule has 0 bridgehead atoms. The van der Waals surface area contributed by atoms with E-state index in [1.165, 1.54) is 36.4 Å². The lowest BCUT2D eigenvalue weighted by atomic mass is 10.0. The molecule has 1 heterocycles. The van der Waals surface area contributed by atoms with Crippen LogP contribution in [0.3, 0.4) is 0 Å². The van der Waals surface area contributed by atoms with Crippen LogP contribution in [0.15, 0.2) is 78.9 Å². The van der Waals surface area contributed by atoms with Gasteiger partial charge in [-0.1, -0.05) is 12.1 Å². The first-order valence-electron chi connectivity index (χ1n) is 16.8. The fourth-order valence-electron chi connectivity index (χ4n) is 6.61. The monoisotopic (exact) mass is 684 g/mol. The Bertz CT molecular complexity index is 1930. The Kier molecular flexibility index (Phi) is 9.15. The summed E-state index contributed by atoms with van der Waals surface area (Å²) in [6.45, 7) is 2.91. The van der Waals surface area contributed by atoms with Crippen LogP contribution in [0.5, 0.6) is 17.2 Å². The number of benzene rings is 4. The third-order valence-electron chi connectivity index (χ3n) is 9.81. The molecule has 260 valence electrons. The second-order valence-corrected chi connectivity index (χ2v) is 13.4. The first-order chi connectivity index (χ1) is 24.2. The van der Waals surface area contributed by atoms with E-state index in [4.69, 9.17) is 19.9 Å². The minimum Gasteiger partial charge on any atom is -0.494 e. The Labute approximate surface area is 287 Å². The third kappa shape index (κ3) is 7.12. The Hall–Kier alpha value is -5.07. The van der Waals surface area contributed by atoms with Gasteiger partial charge < -0.3 is 30.6 Å². The fraction of sp³-hybridized carbons (Fsp3) is 0.342. The van der Waals surface area contributed by atoms with Crippen LogP contribution in [0.4, 0.5) is 20.2 Å². The van der Waals surface area contributed by atoms with E-state index in [9.17, 15) is 18.8 Å². The van der Waals surface area contributed by atoms with E-state index >= 15 is 4.39 Å². The van der Waals surface area contributed by atoms with Gasteiger partial charge in [0.15, 0.2) is 11.6 Å². The number of nitrogens with one attached hydrogen (secondary N) is 2. The average molecular weight is 685 g/mol. The van der Waals surface area contributed by atoms with E-state index in [-0.39, 0.29) is 35.5 Å². The summed E-state index contributed by atoms with van der Waals surface area (Å²) in [5, 5.41) is 6.93. The number of rotatable bonds is 13. The second-order valence-electron chi connectivity index (χ2n) is 13.4. The average Bonchev–Trinajstić information content (AvgIpc) is 4.04. The number of nitrogens with zero attached hydrogens (tertiary/aromatic N) is 1. The maximum Gasteiger partial charge on any atom is 0.320 e. The molecule has 4 aromatic rings. The molecule has 0 aromatic heterocycles. The van der Waals surface area contributed by atoms with Crippen molar-refractivity contribution in [2.75, 3.05) is 43.4 Å². The van der Waals surface area contributed by atoms with Crippen LogP contribution in [0, 0.1) is 22.5 Å². The van der Waals surface area contributed by atoms with Gasteiger partial charge in [-0.3, -0.25) is 19.3 Å². The van der Waals surface area contributed by atoms with Gasteiger partial charge in [-0.05, 0) is 98.2 Å². The number of likely N-dealkylation sites (tertiary alicyclic amines) is 1. The number of ether oxygens (including phenoxy) is 3. The molecule has 1 atom stereocenters. The molecule has 1 saturated heterocycles. The van der Waals surface area contributed by atoms with Crippen LogP contribution in [0.2, 0.25) is 0 Å². The van der Waals surface area contributed by atoms with Gasteiger partial charge in [-0.15, -0.1) is 0 Å². The molecule has 2 amide bonds. The van der Waals surface area contributed by atoms with Gasteiger partial charge in [0, 0.05) is 47.9 Å².